The van der Waals surface area contributed by atoms with Crippen molar-refractivity contribution in [1.82, 2.24) is 4.98 Å². The Kier molecular flexibility index (Phi) is 4.78. The maximum atomic E-state index is 6.22. The van der Waals surface area contributed by atoms with Gasteiger partial charge in [-0.25, -0.2) is 4.98 Å². The lowest BCUT2D eigenvalue weighted by Crippen LogP contribution is -2.18. The fraction of sp³-hybridized carbons (Fsp3) is 0.357. The topological polar surface area (TPSA) is 41.3 Å². The minimum atomic E-state index is 0.516. The van der Waals surface area contributed by atoms with E-state index in [0.29, 0.717) is 28.2 Å². The van der Waals surface area contributed by atoms with Crippen LogP contribution in [0.25, 0.3) is 0 Å². The van der Waals surface area contributed by atoms with Crippen LogP contribution in [0.15, 0.2) is 22.6 Å². The van der Waals surface area contributed by atoms with Gasteiger partial charge in [0, 0.05) is 13.6 Å². The highest BCUT2D eigenvalue weighted by molar-refractivity contribution is 6.37. The second kappa shape index (κ2) is 6.37. The summed E-state index contributed by atoms with van der Waals surface area (Å²) in [6.45, 7) is 5.24. The Balaban J connectivity index is 2.24. The van der Waals surface area contributed by atoms with E-state index in [1.165, 1.54) is 0 Å². The van der Waals surface area contributed by atoms with Crippen molar-refractivity contribution < 1.29 is 4.42 Å². The van der Waals surface area contributed by atoms with Gasteiger partial charge in [0.25, 0.3) is 0 Å². The van der Waals surface area contributed by atoms with Crippen LogP contribution in [0.2, 0.25) is 10.0 Å². The van der Waals surface area contributed by atoms with Crippen LogP contribution in [-0.2, 0) is 6.54 Å². The normalized spacial score (nSPS) is 10.7. The van der Waals surface area contributed by atoms with Gasteiger partial charge in [-0.05, 0) is 32.0 Å². The van der Waals surface area contributed by atoms with Crippen molar-refractivity contribution in [2.45, 2.75) is 20.4 Å². The van der Waals surface area contributed by atoms with E-state index in [4.69, 9.17) is 27.6 Å². The lowest BCUT2D eigenvalue weighted by molar-refractivity contribution is 0.481. The first-order valence-electron chi connectivity index (χ1n) is 6.37. The molecular weight excluding hydrogens is 297 g/mol. The van der Waals surface area contributed by atoms with Gasteiger partial charge in [-0.1, -0.05) is 23.2 Å². The van der Waals surface area contributed by atoms with E-state index in [9.17, 15) is 0 Å². The standard InChI is InChI=1S/C14H17Cl2N3O/c1-4-17-13-11(15)7-12(16)14(18-13)19(3)8-10-6-5-9(2)20-10/h5-7H,4,8H2,1-3H3,(H,17,18). The molecule has 1 N–H and O–H groups in total. The van der Waals surface area contributed by atoms with Crippen molar-refractivity contribution in [2.24, 2.45) is 0 Å². The Hall–Kier alpha value is -1.39. The minimum absolute atomic E-state index is 0.516. The molecule has 20 heavy (non-hydrogen) atoms. The minimum Gasteiger partial charge on any atom is -0.464 e. The molecule has 2 aromatic heterocycles. The smallest absolute Gasteiger partial charge is 0.150 e. The summed E-state index contributed by atoms with van der Waals surface area (Å²) in [5.41, 5.74) is 0. The zero-order valence-corrected chi connectivity index (χ0v) is 13.2. The van der Waals surface area contributed by atoms with Gasteiger partial charge in [0.15, 0.2) is 0 Å². The van der Waals surface area contributed by atoms with Gasteiger partial charge >= 0.3 is 0 Å². The third kappa shape index (κ3) is 3.38. The van der Waals surface area contributed by atoms with E-state index in [0.717, 1.165) is 18.1 Å². The first kappa shape index (κ1) is 15.0. The summed E-state index contributed by atoms with van der Waals surface area (Å²) in [6.07, 6.45) is 0. The largest absolute Gasteiger partial charge is 0.464 e. The Morgan fingerprint density at radius 2 is 2.05 bits per heavy atom. The second-order valence-electron chi connectivity index (χ2n) is 4.52. The Labute approximate surface area is 128 Å². The molecule has 2 aromatic rings. The molecule has 108 valence electrons. The summed E-state index contributed by atoms with van der Waals surface area (Å²) < 4.78 is 5.56. The molecule has 2 heterocycles. The number of hydrogen-bond donors (Lipinski definition) is 1. The highest BCUT2D eigenvalue weighted by Gasteiger charge is 2.14. The van der Waals surface area contributed by atoms with Gasteiger partial charge in [0.2, 0.25) is 0 Å². The van der Waals surface area contributed by atoms with Gasteiger partial charge in [0.1, 0.15) is 23.2 Å². The van der Waals surface area contributed by atoms with Gasteiger partial charge in [-0.2, -0.15) is 0 Å². The van der Waals surface area contributed by atoms with Crippen LogP contribution in [0.4, 0.5) is 11.6 Å². The number of pyridine rings is 1. The molecule has 0 fully saturated rings. The molecule has 0 amide bonds. The lowest BCUT2D eigenvalue weighted by Gasteiger charge is -2.19. The fourth-order valence-electron chi connectivity index (χ4n) is 1.89. The van der Waals surface area contributed by atoms with Crippen molar-refractivity contribution in [2.75, 3.05) is 23.8 Å². The van der Waals surface area contributed by atoms with Crippen molar-refractivity contribution in [3.8, 4) is 0 Å². The molecule has 0 aliphatic heterocycles. The zero-order chi connectivity index (χ0) is 14.7. The molecule has 0 spiro atoms. The summed E-state index contributed by atoms with van der Waals surface area (Å²) in [7, 11) is 1.91. The summed E-state index contributed by atoms with van der Waals surface area (Å²) in [5.74, 6) is 3.05. The van der Waals surface area contributed by atoms with Crippen LogP contribution in [-0.4, -0.2) is 18.6 Å². The number of halogens is 2. The Morgan fingerprint density at radius 1 is 1.30 bits per heavy atom. The number of anilines is 2. The Morgan fingerprint density at radius 3 is 2.65 bits per heavy atom. The maximum absolute atomic E-state index is 6.22. The molecule has 6 heteroatoms. The third-order valence-corrected chi connectivity index (χ3v) is 3.37. The molecule has 0 aliphatic carbocycles. The van der Waals surface area contributed by atoms with Crippen LogP contribution in [0.5, 0.6) is 0 Å². The zero-order valence-electron chi connectivity index (χ0n) is 11.7. The van der Waals surface area contributed by atoms with Crippen LogP contribution >= 0.6 is 23.2 Å². The molecule has 0 unspecified atom stereocenters. The van der Waals surface area contributed by atoms with Crippen molar-refractivity contribution in [3.63, 3.8) is 0 Å². The van der Waals surface area contributed by atoms with Crippen LogP contribution in [0.3, 0.4) is 0 Å². The number of furan rings is 1. The predicted molar refractivity (Wildman–Crippen MR) is 84.0 cm³/mol. The number of nitrogens with zero attached hydrogens (tertiary/aromatic N) is 2. The molecule has 4 nitrogen and oxygen atoms in total. The second-order valence-corrected chi connectivity index (χ2v) is 5.34. The number of aryl methyl sites for hydroxylation is 1. The van der Waals surface area contributed by atoms with Crippen LogP contribution in [0.1, 0.15) is 18.4 Å². The predicted octanol–water partition coefficient (Wildman–Crippen LogP) is 4.36. The SMILES string of the molecule is CCNc1nc(N(C)Cc2ccc(C)o2)c(Cl)cc1Cl. The monoisotopic (exact) mass is 313 g/mol. The maximum Gasteiger partial charge on any atom is 0.150 e. The number of aromatic nitrogens is 1. The van der Waals surface area contributed by atoms with E-state index in [2.05, 4.69) is 10.3 Å². The molecule has 2 rings (SSSR count). The van der Waals surface area contributed by atoms with Crippen molar-refractivity contribution in [1.29, 1.82) is 0 Å². The molecule has 0 saturated carbocycles. The first-order valence-corrected chi connectivity index (χ1v) is 7.13. The van der Waals surface area contributed by atoms with E-state index < -0.39 is 0 Å². The first-order chi connectivity index (χ1) is 9.51. The summed E-state index contributed by atoms with van der Waals surface area (Å²) in [6, 6.07) is 5.58. The fourth-order valence-corrected chi connectivity index (χ4v) is 2.46. The quantitative estimate of drug-likeness (QED) is 0.890. The molecule has 0 aromatic carbocycles. The molecule has 0 atom stereocenters. The average molecular weight is 314 g/mol. The van der Waals surface area contributed by atoms with Gasteiger partial charge in [-0.3, -0.25) is 0 Å². The third-order valence-electron chi connectivity index (χ3n) is 2.81. The summed E-state index contributed by atoms with van der Waals surface area (Å²) >= 11 is 12.3. The lowest BCUT2D eigenvalue weighted by atomic mass is 10.3. The highest BCUT2D eigenvalue weighted by atomic mass is 35.5. The van der Waals surface area contributed by atoms with Gasteiger partial charge in [-0.15, -0.1) is 0 Å². The molecule has 0 bridgehead atoms. The van der Waals surface area contributed by atoms with Gasteiger partial charge in [0.05, 0.1) is 16.6 Å². The molecule has 0 aliphatic rings. The Bertz CT molecular complexity index is 598. The molecule has 0 saturated heterocycles. The van der Waals surface area contributed by atoms with Crippen molar-refractivity contribution in [3.05, 3.63) is 39.8 Å². The van der Waals surface area contributed by atoms with E-state index >= 15 is 0 Å². The number of nitrogens with one attached hydrogen (secondary N) is 1. The molecule has 0 radical (unpaired) electrons. The van der Waals surface area contributed by atoms with Crippen molar-refractivity contribution >= 4 is 34.8 Å². The number of hydrogen-bond acceptors (Lipinski definition) is 4. The number of rotatable bonds is 5. The summed E-state index contributed by atoms with van der Waals surface area (Å²) in [4.78, 5) is 6.40. The molecular formula is C14H17Cl2N3O. The summed E-state index contributed by atoms with van der Waals surface area (Å²) in [5, 5.41) is 4.15. The average Bonchev–Trinajstić information content (AvgIpc) is 2.78. The highest BCUT2D eigenvalue weighted by Crippen LogP contribution is 2.31. The van der Waals surface area contributed by atoms with Crippen LogP contribution < -0.4 is 10.2 Å². The van der Waals surface area contributed by atoms with Crippen LogP contribution in [0, 0.1) is 6.92 Å². The van der Waals surface area contributed by atoms with E-state index in [1.807, 2.05) is 37.9 Å². The van der Waals surface area contributed by atoms with E-state index in [-0.39, 0.29) is 0 Å². The van der Waals surface area contributed by atoms with Gasteiger partial charge < -0.3 is 14.6 Å². The van der Waals surface area contributed by atoms with E-state index in [1.54, 1.807) is 6.07 Å².